The average Bonchev–Trinajstić information content (AvgIpc) is 2.13. The topological polar surface area (TPSA) is 22.0 Å². The minimum absolute atomic E-state index is 0.0528. The molecule has 0 saturated heterocycles. The van der Waals surface area contributed by atoms with Crippen LogP contribution in [0.2, 0.25) is 0 Å². The molecule has 0 aliphatic carbocycles. The lowest BCUT2D eigenvalue weighted by molar-refractivity contribution is 0.615. The Labute approximate surface area is 94.2 Å². The SMILES string of the molecule is O=c1c(Br)cccn1CCCCBr. The van der Waals surface area contributed by atoms with Crippen LogP contribution in [0, 0.1) is 0 Å². The highest BCUT2D eigenvalue weighted by Crippen LogP contribution is 2.02. The van der Waals surface area contributed by atoms with E-state index in [1.165, 1.54) is 0 Å². The van der Waals surface area contributed by atoms with Crippen LogP contribution in [-0.2, 0) is 6.54 Å². The van der Waals surface area contributed by atoms with Crippen molar-refractivity contribution >= 4 is 31.9 Å². The lowest BCUT2D eigenvalue weighted by Gasteiger charge is -2.04. The van der Waals surface area contributed by atoms with Crippen LogP contribution in [0.4, 0.5) is 0 Å². The first-order valence-corrected chi connectivity index (χ1v) is 6.08. The molecule has 0 atom stereocenters. The molecule has 0 aliphatic heterocycles. The second kappa shape index (κ2) is 5.60. The highest BCUT2D eigenvalue weighted by atomic mass is 79.9. The van der Waals surface area contributed by atoms with Crippen molar-refractivity contribution in [3.05, 3.63) is 33.2 Å². The number of hydrogen-bond acceptors (Lipinski definition) is 1. The molecular formula is C9H11Br2NO. The van der Waals surface area contributed by atoms with Crippen LogP contribution in [0.25, 0.3) is 0 Å². The van der Waals surface area contributed by atoms with E-state index in [1.807, 2.05) is 12.3 Å². The second-order valence-corrected chi connectivity index (χ2v) is 4.40. The van der Waals surface area contributed by atoms with Crippen molar-refractivity contribution in [1.29, 1.82) is 0 Å². The summed E-state index contributed by atoms with van der Waals surface area (Å²) in [5.74, 6) is 0. The molecule has 0 fully saturated rings. The number of nitrogens with zero attached hydrogens (tertiary/aromatic N) is 1. The Hall–Kier alpha value is -0.0900. The average molecular weight is 309 g/mol. The standard InChI is InChI=1S/C9H11Br2NO/c10-5-1-2-6-12-7-3-4-8(11)9(12)13/h3-4,7H,1-2,5-6H2. The van der Waals surface area contributed by atoms with Gasteiger partial charge in [-0.25, -0.2) is 0 Å². The van der Waals surface area contributed by atoms with Crippen molar-refractivity contribution in [1.82, 2.24) is 4.57 Å². The maximum atomic E-state index is 11.5. The fraction of sp³-hybridized carbons (Fsp3) is 0.444. The molecule has 1 rings (SSSR count). The molecule has 0 radical (unpaired) electrons. The van der Waals surface area contributed by atoms with Crippen molar-refractivity contribution < 1.29 is 0 Å². The third-order valence-electron chi connectivity index (χ3n) is 1.76. The Morgan fingerprint density at radius 1 is 1.38 bits per heavy atom. The predicted molar refractivity (Wildman–Crippen MR) is 61.4 cm³/mol. The van der Waals surface area contributed by atoms with Gasteiger partial charge < -0.3 is 4.57 Å². The molecular weight excluding hydrogens is 298 g/mol. The molecule has 1 heterocycles. The minimum atomic E-state index is 0.0528. The van der Waals surface area contributed by atoms with E-state index in [4.69, 9.17) is 0 Å². The summed E-state index contributed by atoms with van der Waals surface area (Å²) in [6.45, 7) is 0.796. The van der Waals surface area contributed by atoms with Gasteiger partial charge >= 0.3 is 0 Å². The molecule has 0 bridgehead atoms. The molecule has 2 nitrogen and oxygen atoms in total. The van der Waals surface area contributed by atoms with Crippen LogP contribution in [0.5, 0.6) is 0 Å². The van der Waals surface area contributed by atoms with E-state index < -0.39 is 0 Å². The van der Waals surface area contributed by atoms with E-state index in [2.05, 4.69) is 31.9 Å². The number of aromatic nitrogens is 1. The highest BCUT2D eigenvalue weighted by molar-refractivity contribution is 9.10. The third-order valence-corrected chi connectivity index (χ3v) is 2.92. The Kier molecular flexibility index (Phi) is 4.73. The van der Waals surface area contributed by atoms with Gasteiger partial charge in [-0.1, -0.05) is 15.9 Å². The summed E-state index contributed by atoms with van der Waals surface area (Å²) in [4.78, 5) is 11.5. The van der Waals surface area contributed by atoms with Gasteiger partial charge in [0.1, 0.15) is 0 Å². The maximum Gasteiger partial charge on any atom is 0.264 e. The van der Waals surface area contributed by atoms with Gasteiger partial charge in [0, 0.05) is 18.1 Å². The second-order valence-electron chi connectivity index (χ2n) is 2.75. The fourth-order valence-corrected chi connectivity index (χ4v) is 1.84. The summed E-state index contributed by atoms with van der Waals surface area (Å²) in [6.07, 6.45) is 3.95. The molecule has 0 amide bonds. The van der Waals surface area contributed by atoms with E-state index in [0.717, 1.165) is 24.7 Å². The normalized spacial score (nSPS) is 10.3. The third kappa shape index (κ3) is 3.27. The summed E-state index contributed by atoms with van der Waals surface area (Å²) in [5, 5.41) is 0.996. The van der Waals surface area contributed by atoms with Crippen molar-refractivity contribution in [2.45, 2.75) is 19.4 Å². The van der Waals surface area contributed by atoms with Crippen molar-refractivity contribution in [3.63, 3.8) is 0 Å². The molecule has 0 saturated carbocycles. The monoisotopic (exact) mass is 307 g/mol. The van der Waals surface area contributed by atoms with Gasteiger partial charge in [-0.2, -0.15) is 0 Å². The minimum Gasteiger partial charge on any atom is -0.315 e. The Morgan fingerprint density at radius 3 is 2.85 bits per heavy atom. The molecule has 0 aliphatic rings. The smallest absolute Gasteiger partial charge is 0.264 e. The van der Waals surface area contributed by atoms with E-state index in [1.54, 1.807) is 10.6 Å². The molecule has 1 aromatic heterocycles. The lowest BCUT2D eigenvalue weighted by atomic mass is 10.3. The van der Waals surface area contributed by atoms with Crippen LogP contribution >= 0.6 is 31.9 Å². The van der Waals surface area contributed by atoms with Gasteiger partial charge in [0.2, 0.25) is 0 Å². The van der Waals surface area contributed by atoms with Gasteiger partial charge in [0.25, 0.3) is 5.56 Å². The van der Waals surface area contributed by atoms with Crippen LogP contribution < -0.4 is 5.56 Å². The van der Waals surface area contributed by atoms with Crippen molar-refractivity contribution in [2.75, 3.05) is 5.33 Å². The summed E-state index contributed by atoms with van der Waals surface area (Å²) in [6, 6.07) is 3.64. The van der Waals surface area contributed by atoms with Crippen molar-refractivity contribution in [2.24, 2.45) is 0 Å². The van der Waals surface area contributed by atoms with Crippen LogP contribution in [-0.4, -0.2) is 9.90 Å². The number of unbranched alkanes of at least 4 members (excludes halogenated alkanes) is 1. The first-order chi connectivity index (χ1) is 6.25. The van der Waals surface area contributed by atoms with Crippen LogP contribution in [0.15, 0.2) is 27.6 Å². The number of aryl methyl sites for hydroxylation is 1. The zero-order valence-corrected chi connectivity index (χ0v) is 10.3. The van der Waals surface area contributed by atoms with E-state index >= 15 is 0 Å². The first kappa shape index (κ1) is 11.0. The number of rotatable bonds is 4. The molecule has 4 heteroatoms. The van der Waals surface area contributed by atoms with Gasteiger partial charge in [-0.05, 0) is 40.9 Å². The van der Waals surface area contributed by atoms with Gasteiger partial charge in [-0.15, -0.1) is 0 Å². The molecule has 72 valence electrons. The van der Waals surface area contributed by atoms with E-state index in [0.29, 0.717) is 4.47 Å². The van der Waals surface area contributed by atoms with Crippen LogP contribution in [0.1, 0.15) is 12.8 Å². The Morgan fingerprint density at radius 2 is 2.15 bits per heavy atom. The Balaban J connectivity index is 2.67. The maximum absolute atomic E-state index is 11.5. The zero-order valence-electron chi connectivity index (χ0n) is 7.17. The molecule has 1 aromatic rings. The lowest BCUT2D eigenvalue weighted by Crippen LogP contribution is -2.19. The number of alkyl halides is 1. The molecule has 0 aromatic carbocycles. The number of halogens is 2. The molecule has 0 unspecified atom stereocenters. The van der Waals surface area contributed by atoms with E-state index in [-0.39, 0.29) is 5.56 Å². The summed E-state index contributed by atoms with van der Waals surface area (Å²) < 4.78 is 2.36. The van der Waals surface area contributed by atoms with Gasteiger partial charge in [0.05, 0.1) is 4.47 Å². The quantitative estimate of drug-likeness (QED) is 0.619. The molecule has 13 heavy (non-hydrogen) atoms. The van der Waals surface area contributed by atoms with Crippen molar-refractivity contribution in [3.8, 4) is 0 Å². The van der Waals surface area contributed by atoms with Crippen LogP contribution in [0.3, 0.4) is 0 Å². The van der Waals surface area contributed by atoms with Gasteiger partial charge in [-0.3, -0.25) is 4.79 Å². The Bertz CT molecular complexity index is 322. The van der Waals surface area contributed by atoms with E-state index in [9.17, 15) is 4.79 Å². The van der Waals surface area contributed by atoms with Gasteiger partial charge in [0.15, 0.2) is 0 Å². The molecule has 0 N–H and O–H groups in total. The number of pyridine rings is 1. The summed E-state index contributed by atoms with van der Waals surface area (Å²) >= 11 is 6.57. The fourth-order valence-electron chi connectivity index (χ4n) is 1.06. The largest absolute Gasteiger partial charge is 0.315 e. The summed E-state index contributed by atoms with van der Waals surface area (Å²) in [5.41, 5.74) is 0.0528. The zero-order chi connectivity index (χ0) is 9.68. The molecule has 0 spiro atoms. The number of hydrogen-bond donors (Lipinski definition) is 0. The highest BCUT2D eigenvalue weighted by Gasteiger charge is 1.98. The first-order valence-electron chi connectivity index (χ1n) is 4.16. The predicted octanol–water partition coefficient (Wildman–Crippen LogP) is 2.79. The summed E-state index contributed by atoms with van der Waals surface area (Å²) in [7, 11) is 0.